The Kier molecular flexibility index (Phi) is 3.43. The zero-order valence-electron chi connectivity index (χ0n) is 11.5. The van der Waals surface area contributed by atoms with E-state index in [-0.39, 0.29) is 5.54 Å². The molecule has 0 amide bonds. The normalized spacial score (nSPS) is 16.6. The van der Waals surface area contributed by atoms with E-state index >= 15 is 0 Å². The SMILES string of the molecule is N#CC1(Nc2ccc(-c3ccccc3)cc2)CCCC1. The lowest BCUT2D eigenvalue weighted by Gasteiger charge is -2.23. The maximum atomic E-state index is 9.40. The monoisotopic (exact) mass is 262 g/mol. The molecule has 3 rings (SSSR count). The molecule has 0 heterocycles. The van der Waals surface area contributed by atoms with Crippen molar-refractivity contribution in [2.45, 2.75) is 31.2 Å². The number of nitrogens with one attached hydrogen (secondary N) is 1. The number of hydrogen-bond donors (Lipinski definition) is 1. The number of rotatable bonds is 3. The number of nitrogens with zero attached hydrogens (tertiary/aromatic N) is 1. The summed E-state index contributed by atoms with van der Waals surface area (Å²) in [5.41, 5.74) is 3.10. The molecule has 0 radical (unpaired) electrons. The van der Waals surface area contributed by atoms with E-state index in [0.29, 0.717) is 0 Å². The van der Waals surface area contributed by atoms with Crippen LogP contribution in [-0.4, -0.2) is 5.54 Å². The van der Waals surface area contributed by atoms with E-state index in [4.69, 9.17) is 0 Å². The third kappa shape index (κ3) is 2.53. The fraction of sp³-hybridized carbons (Fsp3) is 0.278. The Morgan fingerprint density at radius 3 is 2.05 bits per heavy atom. The first-order valence-corrected chi connectivity index (χ1v) is 7.16. The first kappa shape index (κ1) is 12.7. The van der Waals surface area contributed by atoms with Crippen LogP contribution in [0.3, 0.4) is 0 Å². The molecule has 0 bridgehead atoms. The van der Waals surface area contributed by atoms with Crippen molar-refractivity contribution in [3.8, 4) is 17.2 Å². The van der Waals surface area contributed by atoms with Gasteiger partial charge in [-0.25, -0.2) is 0 Å². The topological polar surface area (TPSA) is 35.8 Å². The van der Waals surface area contributed by atoms with Crippen molar-refractivity contribution in [3.05, 3.63) is 54.6 Å². The van der Waals surface area contributed by atoms with Crippen LogP contribution in [0.1, 0.15) is 25.7 Å². The van der Waals surface area contributed by atoms with Crippen LogP contribution in [0.2, 0.25) is 0 Å². The van der Waals surface area contributed by atoms with Crippen LogP contribution < -0.4 is 5.32 Å². The van der Waals surface area contributed by atoms with Gasteiger partial charge in [-0.3, -0.25) is 0 Å². The highest BCUT2D eigenvalue weighted by Crippen LogP contribution is 2.33. The molecule has 1 saturated carbocycles. The van der Waals surface area contributed by atoms with Gasteiger partial charge in [0.2, 0.25) is 0 Å². The predicted molar refractivity (Wildman–Crippen MR) is 82.3 cm³/mol. The largest absolute Gasteiger partial charge is 0.367 e. The Balaban J connectivity index is 1.79. The summed E-state index contributed by atoms with van der Waals surface area (Å²) in [4.78, 5) is 0. The molecule has 1 N–H and O–H groups in total. The maximum Gasteiger partial charge on any atom is 0.125 e. The molecule has 2 aromatic rings. The lowest BCUT2D eigenvalue weighted by atomic mass is 9.99. The molecular weight excluding hydrogens is 244 g/mol. The van der Waals surface area contributed by atoms with Crippen molar-refractivity contribution in [1.82, 2.24) is 0 Å². The van der Waals surface area contributed by atoms with Gasteiger partial charge in [0.25, 0.3) is 0 Å². The summed E-state index contributed by atoms with van der Waals surface area (Å²) in [6.45, 7) is 0. The minimum atomic E-state index is -0.353. The smallest absolute Gasteiger partial charge is 0.125 e. The summed E-state index contributed by atoms with van der Waals surface area (Å²) in [5, 5.41) is 12.8. The quantitative estimate of drug-likeness (QED) is 0.877. The van der Waals surface area contributed by atoms with Crippen LogP contribution in [0.4, 0.5) is 5.69 Å². The Morgan fingerprint density at radius 1 is 0.850 bits per heavy atom. The molecule has 0 spiro atoms. The summed E-state index contributed by atoms with van der Waals surface area (Å²) in [5.74, 6) is 0. The summed E-state index contributed by atoms with van der Waals surface area (Å²) in [7, 11) is 0. The molecule has 0 saturated heterocycles. The molecule has 0 atom stereocenters. The molecule has 1 fully saturated rings. The fourth-order valence-electron chi connectivity index (χ4n) is 2.90. The highest BCUT2D eigenvalue weighted by molar-refractivity contribution is 5.66. The predicted octanol–water partition coefficient (Wildman–Crippen LogP) is 4.60. The third-order valence-electron chi connectivity index (χ3n) is 4.05. The van der Waals surface area contributed by atoms with E-state index in [0.717, 1.165) is 31.4 Å². The van der Waals surface area contributed by atoms with Crippen LogP contribution in [0.25, 0.3) is 11.1 Å². The van der Waals surface area contributed by atoms with Crippen LogP contribution >= 0.6 is 0 Å². The van der Waals surface area contributed by atoms with Gasteiger partial charge in [0.1, 0.15) is 5.54 Å². The zero-order valence-corrected chi connectivity index (χ0v) is 11.5. The van der Waals surface area contributed by atoms with Crippen molar-refractivity contribution in [3.63, 3.8) is 0 Å². The highest BCUT2D eigenvalue weighted by Gasteiger charge is 2.33. The second-order valence-corrected chi connectivity index (χ2v) is 5.47. The Bertz CT molecular complexity index is 602. The van der Waals surface area contributed by atoms with E-state index in [2.05, 4.69) is 47.8 Å². The lowest BCUT2D eigenvalue weighted by molar-refractivity contribution is 0.613. The first-order chi connectivity index (χ1) is 9.81. The molecule has 1 aliphatic rings. The standard InChI is InChI=1S/C18H18N2/c19-14-18(12-4-5-13-18)20-17-10-8-16(9-11-17)15-6-2-1-3-7-15/h1-3,6-11,20H,4-5,12-13H2. The van der Waals surface area contributed by atoms with Gasteiger partial charge in [-0.1, -0.05) is 42.5 Å². The van der Waals surface area contributed by atoms with Crippen LogP contribution in [-0.2, 0) is 0 Å². The van der Waals surface area contributed by atoms with Gasteiger partial charge in [0.05, 0.1) is 6.07 Å². The van der Waals surface area contributed by atoms with Crippen molar-refractivity contribution in [2.24, 2.45) is 0 Å². The molecule has 0 aliphatic heterocycles. The number of nitriles is 1. The molecule has 0 unspecified atom stereocenters. The molecular formula is C18H18N2. The maximum absolute atomic E-state index is 9.40. The van der Waals surface area contributed by atoms with Gasteiger partial charge in [0, 0.05) is 5.69 Å². The molecule has 1 aliphatic carbocycles. The van der Waals surface area contributed by atoms with Crippen LogP contribution in [0.15, 0.2) is 54.6 Å². The number of benzene rings is 2. The molecule has 20 heavy (non-hydrogen) atoms. The van der Waals surface area contributed by atoms with E-state index in [1.54, 1.807) is 0 Å². The van der Waals surface area contributed by atoms with Crippen molar-refractivity contribution in [1.29, 1.82) is 5.26 Å². The van der Waals surface area contributed by atoms with Gasteiger partial charge < -0.3 is 5.32 Å². The van der Waals surface area contributed by atoms with E-state index in [1.165, 1.54) is 11.1 Å². The Labute approximate surface area is 120 Å². The van der Waals surface area contributed by atoms with Gasteiger partial charge in [0.15, 0.2) is 0 Å². The summed E-state index contributed by atoms with van der Waals surface area (Å²) >= 11 is 0. The second-order valence-electron chi connectivity index (χ2n) is 5.47. The zero-order chi connectivity index (χ0) is 13.8. The Morgan fingerprint density at radius 2 is 1.45 bits per heavy atom. The van der Waals surface area contributed by atoms with Crippen molar-refractivity contribution < 1.29 is 0 Å². The van der Waals surface area contributed by atoms with E-state index in [9.17, 15) is 5.26 Å². The molecule has 2 heteroatoms. The molecule has 0 aromatic heterocycles. The average molecular weight is 262 g/mol. The van der Waals surface area contributed by atoms with Gasteiger partial charge >= 0.3 is 0 Å². The Hall–Kier alpha value is -2.27. The summed E-state index contributed by atoms with van der Waals surface area (Å²) in [6, 6.07) is 21.1. The molecule has 2 aromatic carbocycles. The summed E-state index contributed by atoms with van der Waals surface area (Å²) < 4.78 is 0. The minimum Gasteiger partial charge on any atom is -0.367 e. The van der Waals surface area contributed by atoms with Crippen LogP contribution in [0.5, 0.6) is 0 Å². The molecule has 2 nitrogen and oxygen atoms in total. The number of anilines is 1. The highest BCUT2D eigenvalue weighted by atomic mass is 15.0. The van der Waals surface area contributed by atoms with E-state index in [1.807, 2.05) is 18.2 Å². The average Bonchev–Trinajstić information content (AvgIpc) is 2.98. The van der Waals surface area contributed by atoms with Crippen molar-refractivity contribution in [2.75, 3.05) is 5.32 Å². The third-order valence-corrected chi connectivity index (χ3v) is 4.05. The summed E-state index contributed by atoms with van der Waals surface area (Å²) in [6.07, 6.45) is 4.18. The minimum absolute atomic E-state index is 0.353. The second kappa shape index (κ2) is 5.38. The lowest BCUT2D eigenvalue weighted by Crippen LogP contribution is -2.32. The van der Waals surface area contributed by atoms with Gasteiger partial charge in [-0.05, 0) is 48.9 Å². The van der Waals surface area contributed by atoms with Crippen LogP contribution in [0, 0.1) is 11.3 Å². The van der Waals surface area contributed by atoms with E-state index < -0.39 is 0 Å². The van der Waals surface area contributed by atoms with Gasteiger partial charge in [-0.15, -0.1) is 0 Å². The van der Waals surface area contributed by atoms with Gasteiger partial charge in [-0.2, -0.15) is 5.26 Å². The fourth-order valence-corrected chi connectivity index (χ4v) is 2.90. The molecule has 100 valence electrons. The number of hydrogen-bond acceptors (Lipinski definition) is 2. The van der Waals surface area contributed by atoms with Crippen molar-refractivity contribution >= 4 is 5.69 Å². The first-order valence-electron chi connectivity index (χ1n) is 7.16.